The molecule has 9 aromatic carbocycles. The van der Waals surface area contributed by atoms with E-state index in [1.165, 1.54) is 158 Å². The number of nitrogens with zero attached hydrogens (tertiary/aromatic N) is 4. The van der Waals surface area contributed by atoms with Gasteiger partial charge in [0.1, 0.15) is 0 Å². The molecule has 0 aliphatic carbocycles. The molecular formula is C72H75BN4. The Morgan fingerprint density at radius 3 is 1.01 bits per heavy atom. The van der Waals surface area contributed by atoms with Gasteiger partial charge in [-0.1, -0.05) is 166 Å². The minimum Gasteiger partial charge on any atom is -0.311 e. The summed E-state index contributed by atoms with van der Waals surface area (Å²) in [5.41, 5.74) is 28.3. The van der Waals surface area contributed by atoms with Crippen LogP contribution >= 0.6 is 0 Å². The van der Waals surface area contributed by atoms with Crippen molar-refractivity contribution in [3.8, 4) is 0 Å². The van der Waals surface area contributed by atoms with Crippen molar-refractivity contribution >= 4 is 91.3 Å². The zero-order chi connectivity index (χ0) is 53.2. The van der Waals surface area contributed by atoms with Crippen LogP contribution in [-0.2, 0) is 12.8 Å². The molecule has 77 heavy (non-hydrogen) atoms. The minimum atomic E-state index is -0.0470. The molecule has 0 radical (unpaired) electrons. The van der Waals surface area contributed by atoms with Gasteiger partial charge in [0.2, 0.25) is 0 Å². The number of aryl methyl sites for hydroxylation is 8. The second-order valence-corrected chi connectivity index (χ2v) is 22.2. The Morgan fingerprint density at radius 2 is 0.688 bits per heavy atom. The fraction of sp³-hybridized carbons (Fsp3) is 0.250. The Labute approximate surface area is 460 Å². The highest BCUT2D eigenvalue weighted by molar-refractivity contribution is 7.00. The van der Waals surface area contributed by atoms with E-state index in [-0.39, 0.29) is 6.71 Å². The first kappa shape index (κ1) is 51.4. The molecule has 0 fully saturated rings. The number of hydrogen-bond donors (Lipinski definition) is 0. The molecule has 0 aromatic heterocycles. The van der Waals surface area contributed by atoms with Crippen LogP contribution in [0.2, 0.25) is 0 Å². The van der Waals surface area contributed by atoms with Crippen LogP contribution < -0.4 is 36.0 Å². The third-order valence-corrected chi connectivity index (χ3v) is 16.3. The number of rotatable bonds is 18. The molecule has 0 bridgehead atoms. The predicted molar refractivity (Wildman–Crippen MR) is 334 cm³/mol. The van der Waals surface area contributed by atoms with E-state index in [1.54, 1.807) is 0 Å². The molecule has 9 aromatic rings. The highest BCUT2D eigenvalue weighted by atomic mass is 15.2. The molecule has 0 amide bonds. The van der Waals surface area contributed by atoms with Gasteiger partial charge in [0.05, 0.1) is 11.4 Å². The van der Waals surface area contributed by atoms with Crippen LogP contribution in [-0.4, -0.2) is 6.71 Å². The molecule has 0 unspecified atom stereocenters. The maximum atomic E-state index is 2.58. The van der Waals surface area contributed by atoms with Crippen molar-refractivity contribution in [2.75, 3.05) is 19.6 Å². The van der Waals surface area contributed by atoms with E-state index in [1.807, 2.05) is 0 Å². The van der Waals surface area contributed by atoms with Gasteiger partial charge >= 0.3 is 0 Å². The Hall–Kier alpha value is -7.76. The molecule has 11 rings (SSSR count). The molecule has 4 nitrogen and oxygen atoms in total. The van der Waals surface area contributed by atoms with Crippen molar-refractivity contribution in [3.05, 3.63) is 233 Å². The summed E-state index contributed by atoms with van der Waals surface area (Å²) >= 11 is 0. The van der Waals surface area contributed by atoms with Crippen molar-refractivity contribution in [3.63, 3.8) is 0 Å². The second-order valence-electron chi connectivity index (χ2n) is 22.2. The average molecular weight is 1010 g/mol. The highest BCUT2D eigenvalue weighted by Crippen LogP contribution is 2.49. The zero-order valence-corrected chi connectivity index (χ0v) is 46.8. The van der Waals surface area contributed by atoms with Gasteiger partial charge in [-0.15, -0.1) is 0 Å². The normalized spacial score (nSPS) is 12.3. The van der Waals surface area contributed by atoms with E-state index >= 15 is 0 Å². The summed E-state index contributed by atoms with van der Waals surface area (Å²) in [5.74, 6) is 0. The van der Waals surface area contributed by atoms with Gasteiger partial charge in [-0.25, -0.2) is 0 Å². The third-order valence-electron chi connectivity index (χ3n) is 16.3. The molecule has 2 heterocycles. The van der Waals surface area contributed by atoms with Crippen molar-refractivity contribution in [1.82, 2.24) is 0 Å². The summed E-state index contributed by atoms with van der Waals surface area (Å²) < 4.78 is 0. The van der Waals surface area contributed by atoms with Crippen LogP contribution in [0.25, 0.3) is 0 Å². The first-order valence-corrected chi connectivity index (χ1v) is 28.7. The van der Waals surface area contributed by atoms with E-state index in [9.17, 15) is 0 Å². The second kappa shape index (κ2) is 22.4. The summed E-state index contributed by atoms with van der Waals surface area (Å²) in [4.78, 5) is 10.1. The van der Waals surface area contributed by atoms with E-state index in [2.05, 4.69) is 263 Å². The van der Waals surface area contributed by atoms with Gasteiger partial charge in [-0.05, 0) is 203 Å². The van der Waals surface area contributed by atoms with Crippen molar-refractivity contribution in [2.24, 2.45) is 0 Å². The van der Waals surface area contributed by atoms with E-state index in [4.69, 9.17) is 0 Å². The Morgan fingerprint density at radius 1 is 0.351 bits per heavy atom. The molecule has 0 saturated heterocycles. The fourth-order valence-corrected chi connectivity index (χ4v) is 12.0. The maximum Gasteiger partial charge on any atom is 0.252 e. The van der Waals surface area contributed by atoms with E-state index < -0.39 is 0 Å². The summed E-state index contributed by atoms with van der Waals surface area (Å²) in [6.45, 7) is 17.9. The summed E-state index contributed by atoms with van der Waals surface area (Å²) in [7, 11) is 0. The average Bonchev–Trinajstić information content (AvgIpc) is 3.48. The number of fused-ring (bicyclic) bond motifs is 4. The van der Waals surface area contributed by atoms with Crippen LogP contribution in [0, 0.1) is 41.5 Å². The molecule has 386 valence electrons. The summed E-state index contributed by atoms with van der Waals surface area (Å²) in [6.07, 6.45) is 12.2. The largest absolute Gasteiger partial charge is 0.311 e. The van der Waals surface area contributed by atoms with E-state index in [0.29, 0.717) is 0 Å². The van der Waals surface area contributed by atoms with Crippen LogP contribution in [0.3, 0.4) is 0 Å². The Balaban J connectivity index is 1.15. The quantitative estimate of drug-likeness (QED) is 0.0627. The number of hydrogen-bond acceptors (Lipinski definition) is 4. The standard InChI is InChI=1S/C72H75BN4/c1-9-11-13-15-18-56-30-42-62(43-31-56)76-66-20-17-21-67-72(66)73(64-46-54(7)68(48-70(64)76)74(58-34-22-50(3)23-35-58)59-36-24-51(4)25-37-59)65-47-55(8)69(75(60-38-26-52(5)27-39-60)61-40-28-53(6)29-41-61)49-71(65)77(67)63-44-32-57(33-45-63)19-16-14-12-10-2/h17,20-49H,9-16,18-19H2,1-8H3. The number of anilines is 12. The Bertz CT molecular complexity index is 3170. The van der Waals surface area contributed by atoms with Gasteiger partial charge in [0.25, 0.3) is 6.71 Å². The predicted octanol–water partition coefficient (Wildman–Crippen LogP) is 18.8. The van der Waals surface area contributed by atoms with Crippen LogP contribution in [0.1, 0.15) is 110 Å². The minimum absolute atomic E-state index is 0.0470. The van der Waals surface area contributed by atoms with Gasteiger partial charge in [-0.2, -0.15) is 0 Å². The van der Waals surface area contributed by atoms with Gasteiger partial charge in [0.15, 0.2) is 0 Å². The third kappa shape index (κ3) is 10.3. The van der Waals surface area contributed by atoms with Crippen LogP contribution in [0.15, 0.2) is 188 Å². The SMILES string of the molecule is CCCCCCc1ccc(N2c3cc(N(c4ccc(C)cc4)c4ccc(C)cc4)c(C)cc3B3c4cc(C)c(N(c5ccc(C)cc5)c5ccc(C)cc5)cc4N(c4ccc(CCCCCC)cc4)c4cccc2c43)cc1. The van der Waals surface area contributed by atoms with E-state index in [0.717, 1.165) is 35.6 Å². The molecular weight excluding hydrogens is 932 g/mol. The fourth-order valence-electron chi connectivity index (χ4n) is 12.0. The molecule has 0 N–H and O–H groups in total. The lowest BCUT2D eigenvalue weighted by Crippen LogP contribution is -2.61. The van der Waals surface area contributed by atoms with Crippen molar-refractivity contribution in [1.29, 1.82) is 0 Å². The molecule has 2 aliphatic heterocycles. The summed E-state index contributed by atoms with van der Waals surface area (Å²) in [5, 5.41) is 0. The monoisotopic (exact) mass is 1010 g/mol. The molecule has 5 heteroatoms. The summed E-state index contributed by atoms with van der Waals surface area (Å²) in [6, 6.07) is 72.2. The van der Waals surface area contributed by atoms with Crippen molar-refractivity contribution < 1.29 is 0 Å². The molecule has 2 aliphatic rings. The number of benzene rings is 9. The lowest BCUT2D eigenvalue weighted by atomic mass is 9.33. The lowest BCUT2D eigenvalue weighted by molar-refractivity contribution is 0.667. The smallest absolute Gasteiger partial charge is 0.252 e. The maximum absolute atomic E-state index is 2.58. The van der Waals surface area contributed by atoms with Crippen LogP contribution in [0.4, 0.5) is 68.2 Å². The molecule has 0 spiro atoms. The first-order chi connectivity index (χ1) is 37.6. The van der Waals surface area contributed by atoms with Gasteiger partial charge < -0.3 is 19.6 Å². The zero-order valence-electron chi connectivity index (χ0n) is 46.8. The number of unbranched alkanes of at least 4 members (excludes halogenated alkanes) is 6. The lowest BCUT2D eigenvalue weighted by Gasteiger charge is -2.45. The molecule has 0 atom stereocenters. The topological polar surface area (TPSA) is 13.0 Å². The highest BCUT2D eigenvalue weighted by Gasteiger charge is 2.44. The Kier molecular flexibility index (Phi) is 15.0. The first-order valence-electron chi connectivity index (χ1n) is 28.7. The van der Waals surface area contributed by atoms with Gasteiger partial charge in [-0.3, -0.25) is 0 Å². The van der Waals surface area contributed by atoms with Crippen molar-refractivity contribution in [2.45, 2.75) is 120 Å². The van der Waals surface area contributed by atoms with Gasteiger partial charge in [0, 0.05) is 56.9 Å². The molecule has 0 saturated carbocycles. The van der Waals surface area contributed by atoms with Crippen LogP contribution in [0.5, 0.6) is 0 Å².